The molecule has 156 valence electrons. The van der Waals surface area contributed by atoms with Crippen molar-refractivity contribution in [3.8, 4) is 11.5 Å². The highest BCUT2D eigenvalue weighted by Gasteiger charge is 2.19. The van der Waals surface area contributed by atoms with Crippen molar-refractivity contribution in [2.75, 3.05) is 20.8 Å². The Kier molecular flexibility index (Phi) is 7.51. The molecule has 2 aromatic rings. The monoisotopic (exact) mass is 419 g/mol. The van der Waals surface area contributed by atoms with E-state index in [2.05, 4.69) is 5.32 Å². The molecule has 0 saturated carbocycles. The highest BCUT2D eigenvalue weighted by molar-refractivity contribution is 6.30. The molecule has 0 spiro atoms. The number of carbonyl (C=O) groups excluding carboxylic acids is 2. The molecule has 1 amide bonds. The molecule has 0 aromatic heterocycles. The number of hydrogen-bond donors (Lipinski definition) is 1. The Labute approximate surface area is 176 Å². The maximum atomic E-state index is 13.1. The molecule has 6 nitrogen and oxygen atoms in total. The van der Waals surface area contributed by atoms with Crippen LogP contribution in [-0.4, -0.2) is 38.2 Å². The fourth-order valence-corrected chi connectivity index (χ4v) is 2.84. The Morgan fingerprint density at radius 2 is 1.59 bits per heavy atom. The zero-order valence-corrected chi connectivity index (χ0v) is 18.1. The van der Waals surface area contributed by atoms with Crippen LogP contribution in [0.25, 0.3) is 0 Å². The van der Waals surface area contributed by atoms with Crippen molar-refractivity contribution >= 4 is 23.5 Å². The lowest BCUT2D eigenvalue weighted by Crippen LogP contribution is -2.33. The number of nitrogens with one attached hydrogen (secondary N) is 1. The molecule has 0 aliphatic rings. The summed E-state index contributed by atoms with van der Waals surface area (Å²) in [6, 6.07) is 10.1. The number of amides is 1. The zero-order chi connectivity index (χ0) is 21.6. The van der Waals surface area contributed by atoms with Crippen LogP contribution < -0.4 is 14.8 Å². The average Bonchev–Trinajstić information content (AvgIpc) is 2.66. The van der Waals surface area contributed by atoms with E-state index in [4.69, 9.17) is 25.8 Å². The van der Waals surface area contributed by atoms with Gasteiger partial charge < -0.3 is 19.5 Å². The number of ketones is 1. The van der Waals surface area contributed by atoms with Gasteiger partial charge in [0.25, 0.3) is 0 Å². The molecule has 2 aromatic carbocycles. The van der Waals surface area contributed by atoms with E-state index in [-0.39, 0.29) is 5.78 Å². The van der Waals surface area contributed by atoms with E-state index in [9.17, 15) is 9.59 Å². The van der Waals surface area contributed by atoms with Gasteiger partial charge in [-0.25, -0.2) is 4.79 Å². The lowest BCUT2D eigenvalue weighted by atomic mass is 9.95. The highest BCUT2D eigenvalue weighted by atomic mass is 35.5. The molecule has 0 heterocycles. The molecule has 2 rings (SSSR count). The molecule has 0 unspecified atom stereocenters. The number of methoxy groups -OCH3 is 2. The van der Waals surface area contributed by atoms with Crippen LogP contribution in [0.1, 0.15) is 42.3 Å². The minimum atomic E-state index is -0.580. The molecule has 7 heteroatoms. The molecule has 0 bridgehead atoms. The summed E-state index contributed by atoms with van der Waals surface area (Å²) in [6.07, 6.45) is -0.0996. The summed E-state index contributed by atoms with van der Waals surface area (Å²) in [5.74, 6) is 0.788. The zero-order valence-electron chi connectivity index (χ0n) is 17.3. The van der Waals surface area contributed by atoms with Crippen LogP contribution in [0.2, 0.25) is 5.02 Å². The Bertz CT molecular complexity index is 872. The SMILES string of the molecule is COc1cc(CCNC(=O)OC(C)(C)C)c(C(=O)c2ccc(Cl)cc2)cc1OC. The van der Waals surface area contributed by atoms with E-state index in [0.717, 1.165) is 5.56 Å². The van der Waals surface area contributed by atoms with E-state index in [1.54, 1.807) is 57.2 Å². The number of carbonyl (C=O) groups is 2. The Morgan fingerprint density at radius 1 is 1.00 bits per heavy atom. The quantitative estimate of drug-likeness (QED) is 0.661. The molecule has 29 heavy (non-hydrogen) atoms. The highest BCUT2D eigenvalue weighted by Crippen LogP contribution is 2.32. The van der Waals surface area contributed by atoms with Crippen molar-refractivity contribution in [3.63, 3.8) is 0 Å². The van der Waals surface area contributed by atoms with Gasteiger partial charge in [-0.15, -0.1) is 0 Å². The summed E-state index contributed by atoms with van der Waals surface area (Å²) in [4.78, 5) is 25.0. The second-order valence-electron chi connectivity index (χ2n) is 7.38. The number of rotatable bonds is 7. The molecule has 0 radical (unpaired) electrons. The van der Waals surface area contributed by atoms with E-state index in [1.807, 2.05) is 0 Å². The molecular weight excluding hydrogens is 394 g/mol. The maximum Gasteiger partial charge on any atom is 0.407 e. The first-order chi connectivity index (χ1) is 13.6. The number of halogens is 1. The van der Waals surface area contributed by atoms with Gasteiger partial charge in [-0.1, -0.05) is 11.6 Å². The summed E-state index contributed by atoms with van der Waals surface area (Å²) in [5, 5.41) is 3.26. The fourth-order valence-electron chi connectivity index (χ4n) is 2.71. The van der Waals surface area contributed by atoms with Gasteiger partial charge in [-0.3, -0.25) is 4.79 Å². The van der Waals surface area contributed by atoms with Gasteiger partial charge in [-0.05, 0) is 69.2 Å². The maximum absolute atomic E-state index is 13.1. The summed E-state index contributed by atoms with van der Waals surface area (Å²) in [5.41, 5.74) is 1.11. The van der Waals surface area contributed by atoms with E-state index < -0.39 is 11.7 Å². The van der Waals surface area contributed by atoms with Crippen LogP contribution in [0.15, 0.2) is 36.4 Å². The predicted molar refractivity (Wildman–Crippen MR) is 112 cm³/mol. The normalized spacial score (nSPS) is 11.0. The van der Waals surface area contributed by atoms with Crippen LogP contribution in [0.5, 0.6) is 11.5 Å². The first-order valence-corrected chi connectivity index (χ1v) is 9.54. The minimum Gasteiger partial charge on any atom is -0.493 e. The summed E-state index contributed by atoms with van der Waals surface area (Å²) in [6.45, 7) is 5.68. The van der Waals surface area contributed by atoms with Crippen LogP contribution in [-0.2, 0) is 11.2 Å². The van der Waals surface area contributed by atoms with E-state index in [0.29, 0.717) is 40.6 Å². The predicted octanol–water partition coefficient (Wildman–Crippen LogP) is 4.66. The fraction of sp³-hybridized carbons (Fsp3) is 0.364. The summed E-state index contributed by atoms with van der Waals surface area (Å²) in [7, 11) is 3.04. The summed E-state index contributed by atoms with van der Waals surface area (Å²) < 4.78 is 15.9. The third kappa shape index (κ3) is 6.39. The number of ether oxygens (including phenoxy) is 3. The second kappa shape index (κ2) is 9.65. The Balaban J connectivity index is 2.28. The third-order valence-electron chi connectivity index (χ3n) is 4.02. The Morgan fingerprint density at radius 3 is 2.14 bits per heavy atom. The first-order valence-electron chi connectivity index (χ1n) is 9.16. The number of hydrogen-bond acceptors (Lipinski definition) is 5. The van der Waals surface area contributed by atoms with Gasteiger partial charge in [-0.2, -0.15) is 0 Å². The van der Waals surface area contributed by atoms with Crippen LogP contribution in [0.3, 0.4) is 0 Å². The van der Waals surface area contributed by atoms with Gasteiger partial charge in [0.15, 0.2) is 17.3 Å². The average molecular weight is 420 g/mol. The van der Waals surface area contributed by atoms with Crippen LogP contribution in [0, 0.1) is 0 Å². The standard InChI is InChI=1S/C22H26ClNO5/c1-22(2,3)29-21(26)24-11-10-15-12-18(27-4)19(28-5)13-17(15)20(25)14-6-8-16(23)9-7-14/h6-9,12-13H,10-11H2,1-5H3,(H,24,26). The number of alkyl carbamates (subject to hydrolysis) is 1. The van der Waals surface area contributed by atoms with Gasteiger partial charge in [0.1, 0.15) is 5.60 Å². The van der Waals surface area contributed by atoms with Crippen molar-refractivity contribution < 1.29 is 23.8 Å². The van der Waals surface area contributed by atoms with Crippen molar-refractivity contribution in [1.82, 2.24) is 5.32 Å². The minimum absolute atomic E-state index is 0.171. The molecule has 0 atom stereocenters. The smallest absolute Gasteiger partial charge is 0.407 e. The van der Waals surface area contributed by atoms with Crippen molar-refractivity contribution in [3.05, 3.63) is 58.1 Å². The topological polar surface area (TPSA) is 73.9 Å². The van der Waals surface area contributed by atoms with Crippen molar-refractivity contribution in [2.45, 2.75) is 32.8 Å². The summed E-state index contributed by atoms with van der Waals surface area (Å²) >= 11 is 5.92. The molecule has 0 aliphatic heterocycles. The van der Waals surface area contributed by atoms with Crippen molar-refractivity contribution in [1.29, 1.82) is 0 Å². The van der Waals surface area contributed by atoms with Gasteiger partial charge >= 0.3 is 6.09 Å². The molecular formula is C22H26ClNO5. The van der Waals surface area contributed by atoms with Gasteiger partial charge in [0.05, 0.1) is 14.2 Å². The first kappa shape index (κ1) is 22.6. The molecule has 0 fully saturated rings. The lowest BCUT2D eigenvalue weighted by Gasteiger charge is -2.20. The van der Waals surface area contributed by atoms with Crippen molar-refractivity contribution in [2.24, 2.45) is 0 Å². The van der Waals surface area contributed by atoms with Gasteiger partial charge in [0.2, 0.25) is 0 Å². The van der Waals surface area contributed by atoms with Crippen LogP contribution in [0.4, 0.5) is 4.79 Å². The molecule has 0 saturated heterocycles. The Hall–Kier alpha value is -2.73. The molecule has 0 aliphatic carbocycles. The van der Waals surface area contributed by atoms with E-state index >= 15 is 0 Å². The third-order valence-corrected chi connectivity index (χ3v) is 4.27. The molecule has 1 N–H and O–H groups in total. The second-order valence-corrected chi connectivity index (χ2v) is 7.82. The van der Waals surface area contributed by atoms with E-state index in [1.165, 1.54) is 14.2 Å². The largest absolute Gasteiger partial charge is 0.493 e. The lowest BCUT2D eigenvalue weighted by molar-refractivity contribution is 0.0528. The van der Waals surface area contributed by atoms with Crippen LogP contribution >= 0.6 is 11.6 Å². The van der Waals surface area contributed by atoms with Gasteiger partial charge in [0, 0.05) is 22.7 Å². The number of benzene rings is 2.